The van der Waals surface area contributed by atoms with Gasteiger partial charge in [-0.15, -0.1) is 0 Å². The maximum absolute atomic E-state index is 12.8. The second kappa shape index (κ2) is 7.27. The summed E-state index contributed by atoms with van der Waals surface area (Å²) in [5, 5.41) is 0. The number of amides is 1. The van der Waals surface area contributed by atoms with Gasteiger partial charge >= 0.3 is 0 Å². The molecule has 0 unspecified atom stereocenters. The quantitative estimate of drug-likeness (QED) is 0.834. The van der Waals surface area contributed by atoms with Crippen molar-refractivity contribution in [2.45, 2.75) is 38.2 Å². The highest BCUT2D eigenvalue weighted by Crippen LogP contribution is 2.40. The molecule has 1 aromatic heterocycles. The van der Waals surface area contributed by atoms with Crippen molar-refractivity contribution in [3.63, 3.8) is 0 Å². The number of fused-ring (bicyclic) bond motifs is 2. The van der Waals surface area contributed by atoms with Crippen molar-refractivity contribution in [2.75, 3.05) is 26.8 Å². The van der Waals surface area contributed by atoms with E-state index in [1.54, 1.807) is 7.11 Å². The lowest BCUT2D eigenvalue weighted by Gasteiger charge is -2.44. The molecule has 0 N–H and O–H groups in total. The number of hydrogen-bond acceptors (Lipinski definition) is 5. The minimum absolute atomic E-state index is 0.129. The van der Waals surface area contributed by atoms with Crippen molar-refractivity contribution in [1.29, 1.82) is 0 Å². The number of carbonyl (C=O) groups excluding carboxylic acids is 1. The van der Waals surface area contributed by atoms with Crippen LogP contribution in [0.15, 0.2) is 30.5 Å². The van der Waals surface area contributed by atoms with Crippen molar-refractivity contribution in [2.24, 2.45) is 0 Å². The van der Waals surface area contributed by atoms with Gasteiger partial charge in [0.05, 0.1) is 25.8 Å². The van der Waals surface area contributed by atoms with E-state index in [1.165, 1.54) is 5.56 Å². The predicted molar refractivity (Wildman–Crippen MR) is 101 cm³/mol. The van der Waals surface area contributed by atoms with E-state index in [2.05, 4.69) is 4.98 Å². The fraction of sp³-hybridized carbons (Fsp3) is 0.476. The van der Waals surface area contributed by atoms with Gasteiger partial charge in [0.1, 0.15) is 17.2 Å². The zero-order valence-electron chi connectivity index (χ0n) is 15.9. The molecular formula is C21H25N3O3. The smallest absolute Gasteiger partial charge is 0.227 e. The van der Waals surface area contributed by atoms with Crippen molar-refractivity contribution in [1.82, 2.24) is 14.9 Å². The van der Waals surface area contributed by atoms with Crippen LogP contribution in [0.2, 0.25) is 0 Å². The van der Waals surface area contributed by atoms with Gasteiger partial charge in [0.25, 0.3) is 0 Å². The number of para-hydroxylation sites is 1. The normalized spacial score (nSPS) is 18.2. The van der Waals surface area contributed by atoms with E-state index in [1.807, 2.05) is 42.3 Å². The number of hydrogen-bond donors (Lipinski definition) is 0. The summed E-state index contributed by atoms with van der Waals surface area (Å²) < 4.78 is 11.6. The summed E-state index contributed by atoms with van der Waals surface area (Å²) in [4.78, 5) is 23.8. The van der Waals surface area contributed by atoms with Gasteiger partial charge in [-0.1, -0.05) is 18.2 Å². The molecular weight excluding hydrogens is 342 g/mol. The largest absolute Gasteiger partial charge is 0.496 e. The van der Waals surface area contributed by atoms with Gasteiger partial charge in [-0.05, 0) is 37.8 Å². The molecule has 6 heteroatoms. The van der Waals surface area contributed by atoms with Crippen LogP contribution < -0.4 is 4.74 Å². The zero-order chi connectivity index (χ0) is 18.9. The topological polar surface area (TPSA) is 64.5 Å². The summed E-state index contributed by atoms with van der Waals surface area (Å²) in [6.07, 6.45) is 4.69. The molecule has 0 bridgehead atoms. The Morgan fingerprint density at radius 3 is 2.85 bits per heavy atom. The second-order valence-corrected chi connectivity index (χ2v) is 7.25. The molecule has 0 aliphatic carbocycles. The molecule has 27 heavy (non-hydrogen) atoms. The van der Waals surface area contributed by atoms with Crippen LogP contribution in [0, 0.1) is 6.92 Å². The van der Waals surface area contributed by atoms with Gasteiger partial charge < -0.3 is 14.4 Å². The number of aromatic nitrogens is 2. The van der Waals surface area contributed by atoms with Crippen LogP contribution in [0.4, 0.5) is 0 Å². The summed E-state index contributed by atoms with van der Waals surface area (Å²) in [7, 11) is 1.63. The highest BCUT2D eigenvalue weighted by molar-refractivity contribution is 5.79. The molecule has 1 aromatic carbocycles. The second-order valence-electron chi connectivity index (χ2n) is 7.25. The first kappa shape index (κ1) is 17.9. The first-order valence-electron chi connectivity index (χ1n) is 9.48. The summed E-state index contributed by atoms with van der Waals surface area (Å²) in [6, 6.07) is 7.69. The molecule has 2 aromatic rings. The number of nitrogens with zero attached hydrogens (tertiary/aromatic N) is 3. The first-order chi connectivity index (χ1) is 13.1. The fourth-order valence-corrected chi connectivity index (χ4v) is 4.12. The molecule has 6 nitrogen and oxygen atoms in total. The van der Waals surface area contributed by atoms with E-state index < -0.39 is 0 Å². The molecule has 3 heterocycles. The number of aryl methyl sites for hydroxylation is 1. The van der Waals surface area contributed by atoms with E-state index in [0.717, 1.165) is 42.1 Å². The number of rotatable bonds is 3. The molecule has 0 radical (unpaired) electrons. The van der Waals surface area contributed by atoms with E-state index in [4.69, 9.17) is 14.5 Å². The molecule has 1 saturated heterocycles. The number of benzene rings is 1. The van der Waals surface area contributed by atoms with E-state index >= 15 is 0 Å². The van der Waals surface area contributed by atoms with E-state index in [9.17, 15) is 4.79 Å². The van der Waals surface area contributed by atoms with Crippen LogP contribution >= 0.6 is 0 Å². The molecule has 4 rings (SSSR count). The third-order valence-electron chi connectivity index (χ3n) is 5.62. The Morgan fingerprint density at radius 1 is 1.30 bits per heavy atom. The fourth-order valence-electron chi connectivity index (χ4n) is 4.12. The van der Waals surface area contributed by atoms with E-state index in [-0.39, 0.29) is 11.5 Å². The van der Waals surface area contributed by atoms with Gasteiger partial charge in [0, 0.05) is 24.8 Å². The van der Waals surface area contributed by atoms with Gasteiger partial charge in [0.15, 0.2) is 0 Å². The van der Waals surface area contributed by atoms with Gasteiger partial charge in [0.2, 0.25) is 5.91 Å². The monoisotopic (exact) mass is 367 g/mol. The maximum atomic E-state index is 12.8. The van der Waals surface area contributed by atoms with Crippen molar-refractivity contribution in [3.05, 3.63) is 53.1 Å². The average molecular weight is 367 g/mol. The third-order valence-corrected chi connectivity index (χ3v) is 5.62. The van der Waals surface area contributed by atoms with Crippen molar-refractivity contribution in [3.8, 4) is 5.75 Å². The Labute approximate surface area is 159 Å². The Kier molecular flexibility index (Phi) is 4.83. The highest BCUT2D eigenvalue weighted by atomic mass is 16.5. The number of carbonyl (C=O) groups is 1. The Morgan fingerprint density at radius 2 is 2.07 bits per heavy atom. The lowest BCUT2D eigenvalue weighted by Crippen LogP contribution is -2.49. The third kappa shape index (κ3) is 3.41. The lowest BCUT2D eigenvalue weighted by molar-refractivity contribution is -0.140. The molecule has 2 aliphatic heterocycles. The lowest BCUT2D eigenvalue weighted by atomic mass is 9.83. The first-order valence-corrected chi connectivity index (χ1v) is 9.48. The molecule has 1 spiro atoms. The average Bonchev–Trinajstić information content (AvgIpc) is 2.70. The van der Waals surface area contributed by atoms with Crippen molar-refractivity contribution < 1.29 is 14.3 Å². The summed E-state index contributed by atoms with van der Waals surface area (Å²) in [5.74, 6) is 1.66. The Bertz CT molecular complexity index is 844. The highest BCUT2D eigenvalue weighted by Gasteiger charge is 2.43. The van der Waals surface area contributed by atoms with Crippen LogP contribution in [0.25, 0.3) is 0 Å². The summed E-state index contributed by atoms with van der Waals surface area (Å²) in [6.45, 7) is 3.95. The minimum Gasteiger partial charge on any atom is -0.496 e. The standard InChI is InChI=1S/C21H25N3O3/c1-15-22-14-17-7-12-27-21(20(17)23-15)8-10-24(11-9-21)19(25)13-16-5-3-4-6-18(16)26-2/h3-6,14H,7-13H2,1-2H3. The van der Waals surface area contributed by atoms with Crippen LogP contribution in [0.3, 0.4) is 0 Å². The SMILES string of the molecule is COc1ccccc1CC(=O)N1CCC2(CC1)OCCc1cnc(C)nc12. The van der Waals surface area contributed by atoms with Crippen LogP contribution in [0.1, 0.15) is 35.5 Å². The number of piperidine rings is 1. The number of ether oxygens (including phenoxy) is 2. The molecule has 1 fully saturated rings. The zero-order valence-corrected chi connectivity index (χ0v) is 15.9. The molecule has 142 valence electrons. The summed E-state index contributed by atoms with van der Waals surface area (Å²) in [5.41, 5.74) is 2.76. The molecule has 0 saturated carbocycles. The van der Waals surface area contributed by atoms with Crippen LogP contribution in [-0.4, -0.2) is 47.6 Å². The van der Waals surface area contributed by atoms with Crippen LogP contribution in [0.5, 0.6) is 5.75 Å². The van der Waals surface area contributed by atoms with Crippen LogP contribution in [-0.2, 0) is 28.0 Å². The van der Waals surface area contributed by atoms with Gasteiger partial charge in [-0.2, -0.15) is 0 Å². The Balaban J connectivity index is 1.47. The Hall–Kier alpha value is -2.47. The molecule has 2 aliphatic rings. The van der Waals surface area contributed by atoms with Gasteiger partial charge in [-0.3, -0.25) is 4.79 Å². The predicted octanol–water partition coefficient (Wildman–Crippen LogP) is 2.43. The summed E-state index contributed by atoms with van der Waals surface area (Å²) >= 11 is 0. The minimum atomic E-state index is -0.373. The van der Waals surface area contributed by atoms with Gasteiger partial charge in [-0.25, -0.2) is 9.97 Å². The number of likely N-dealkylation sites (tertiary alicyclic amines) is 1. The molecule has 0 atom stereocenters. The molecule has 1 amide bonds. The number of methoxy groups -OCH3 is 1. The maximum Gasteiger partial charge on any atom is 0.227 e. The van der Waals surface area contributed by atoms with E-state index in [0.29, 0.717) is 26.1 Å². The van der Waals surface area contributed by atoms with Crippen molar-refractivity contribution >= 4 is 5.91 Å².